The maximum atomic E-state index is 12.5. The van der Waals surface area contributed by atoms with Gasteiger partial charge in [0.05, 0.1) is 25.4 Å². The summed E-state index contributed by atoms with van der Waals surface area (Å²) in [5.74, 6) is -0.0728. The van der Waals surface area contributed by atoms with Gasteiger partial charge in [0, 0.05) is 12.8 Å². The largest absolute Gasteiger partial charge is 0.466 e. The van der Waals surface area contributed by atoms with E-state index in [1.54, 1.807) is 6.08 Å². The number of aliphatic hydroxyl groups is 2. The van der Waals surface area contributed by atoms with Gasteiger partial charge < -0.3 is 20.3 Å². The van der Waals surface area contributed by atoms with Crippen molar-refractivity contribution in [3.8, 4) is 0 Å². The quantitative estimate of drug-likeness (QED) is 0.0320. The zero-order chi connectivity index (χ0) is 57.1. The molecule has 0 aliphatic carbocycles. The monoisotopic (exact) mass is 1110 g/mol. The van der Waals surface area contributed by atoms with Crippen LogP contribution in [-0.4, -0.2) is 47.4 Å². The fourth-order valence-electron chi connectivity index (χ4n) is 10.6. The molecule has 0 heterocycles. The highest BCUT2D eigenvalue weighted by molar-refractivity contribution is 5.76. The Morgan fingerprint density at radius 3 is 0.987 bits per heavy atom. The van der Waals surface area contributed by atoms with E-state index >= 15 is 0 Å². The van der Waals surface area contributed by atoms with Crippen molar-refractivity contribution in [2.24, 2.45) is 0 Å². The predicted octanol–water partition coefficient (Wildman–Crippen LogP) is 22.6. The Kier molecular flexibility index (Phi) is 66.0. The number of unbranched alkanes of at least 4 members (excludes halogenated alkanes) is 46. The predicted molar refractivity (Wildman–Crippen MR) is 347 cm³/mol. The Bertz CT molecular complexity index is 1370. The van der Waals surface area contributed by atoms with Crippen LogP contribution in [0.3, 0.4) is 0 Å². The number of carbonyl (C=O) groups excluding carboxylic acids is 2. The summed E-state index contributed by atoms with van der Waals surface area (Å²) in [6.45, 7) is 4.89. The second-order valence-electron chi connectivity index (χ2n) is 23.9. The fraction of sp³-hybridized carbons (Fsp3) is 0.836. The van der Waals surface area contributed by atoms with Crippen molar-refractivity contribution in [3.63, 3.8) is 0 Å². The van der Waals surface area contributed by atoms with Gasteiger partial charge in [0.15, 0.2) is 0 Å². The standard InChI is InChI=1S/C73H135NO5/c1-3-5-7-9-11-13-15-17-19-20-21-31-34-38-41-45-49-53-57-61-65-71(76)70(69-75)74-72(77)66-62-58-54-50-46-42-39-35-32-29-27-25-23-22-24-26-28-30-33-36-40-44-48-52-56-60-64-68-79-73(78)67-63-59-55-51-47-43-37-18-16-14-12-10-8-6-4-2/h12,14,18,22-23,26,28,37,61,65,70-71,75-76H,3-11,13,15-17,19-21,24-25,27,29-36,38-60,62-64,66-69H2,1-2H3,(H,74,77)/b14-12-,23-22-,28-26-,37-18-,65-61+. The van der Waals surface area contributed by atoms with E-state index in [1.807, 2.05) is 6.08 Å². The molecule has 0 aliphatic heterocycles. The van der Waals surface area contributed by atoms with Crippen LogP contribution in [0, 0.1) is 0 Å². The van der Waals surface area contributed by atoms with Crippen LogP contribution in [-0.2, 0) is 14.3 Å². The zero-order valence-electron chi connectivity index (χ0n) is 52.9. The first-order valence-corrected chi connectivity index (χ1v) is 35.1. The third-order valence-corrected chi connectivity index (χ3v) is 16.0. The highest BCUT2D eigenvalue weighted by Gasteiger charge is 2.18. The number of hydrogen-bond donors (Lipinski definition) is 3. The van der Waals surface area contributed by atoms with Crippen molar-refractivity contribution < 1.29 is 24.5 Å². The molecule has 6 nitrogen and oxygen atoms in total. The molecule has 0 aromatic carbocycles. The fourth-order valence-corrected chi connectivity index (χ4v) is 10.6. The van der Waals surface area contributed by atoms with Crippen molar-refractivity contribution in [1.82, 2.24) is 5.32 Å². The van der Waals surface area contributed by atoms with Gasteiger partial charge in [0.1, 0.15) is 0 Å². The average Bonchev–Trinajstić information content (AvgIpc) is 3.45. The van der Waals surface area contributed by atoms with Gasteiger partial charge in [-0.2, -0.15) is 0 Å². The van der Waals surface area contributed by atoms with Gasteiger partial charge in [0.2, 0.25) is 5.91 Å². The van der Waals surface area contributed by atoms with Crippen LogP contribution >= 0.6 is 0 Å². The molecule has 0 aromatic heterocycles. The number of ether oxygens (including phenoxy) is 1. The van der Waals surface area contributed by atoms with Crippen LogP contribution in [0.5, 0.6) is 0 Å². The lowest BCUT2D eigenvalue weighted by Gasteiger charge is -2.20. The molecule has 0 aliphatic rings. The normalized spacial score (nSPS) is 12.9. The number of nitrogens with one attached hydrogen (secondary N) is 1. The summed E-state index contributed by atoms with van der Waals surface area (Å²) < 4.78 is 5.48. The Morgan fingerprint density at radius 2 is 0.633 bits per heavy atom. The molecule has 6 heteroatoms. The van der Waals surface area contributed by atoms with Gasteiger partial charge in [-0.1, -0.05) is 319 Å². The molecular weight excluding hydrogens is 971 g/mol. The summed E-state index contributed by atoms with van der Waals surface area (Å²) in [6, 6.07) is -0.632. The third-order valence-electron chi connectivity index (χ3n) is 16.0. The van der Waals surface area contributed by atoms with E-state index in [0.29, 0.717) is 19.4 Å². The molecule has 0 rings (SSSR count). The minimum atomic E-state index is -0.849. The van der Waals surface area contributed by atoms with Crippen molar-refractivity contribution in [2.45, 2.75) is 379 Å². The number of hydrogen-bond acceptors (Lipinski definition) is 5. The second-order valence-corrected chi connectivity index (χ2v) is 23.9. The lowest BCUT2D eigenvalue weighted by Crippen LogP contribution is -2.45. The van der Waals surface area contributed by atoms with E-state index in [0.717, 1.165) is 57.8 Å². The van der Waals surface area contributed by atoms with E-state index in [2.05, 4.69) is 67.8 Å². The number of aliphatic hydroxyl groups excluding tert-OH is 2. The molecule has 2 unspecified atom stereocenters. The molecular formula is C73H135NO5. The molecule has 0 bridgehead atoms. The Hall–Kier alpha value is -2.44. The molecule has 462 valence electrons. The molecule has 2 atom stereocenters. The molecule has 0 saturated carbocycles. The minimum Gasteiger partial charge on any atom is -0.466 e. The Morgan fingerprint density at radius 1 is 0.354 bits per heavy atom. The smallest absolute Gasteiger partial charge is 0.305 e. The van der Waals surface area contributed by atoms with Gasteiger partial charge in [-0.3, -0.25) is 9.59 Å². The van der Waals surface area contributed by atoms with Crippen molar-refractivity contribution in [3.05, 3.63) is 60.8 Å². The summed E-state index contributed by atoms with van der Waals surface area (Å²) in [7, 11) is 0. The lowest BCUT2D eigenvalue weighted by molar-refractivity contribution is -0.143. The first-order valence-electron chi connectivity index (χ1n) is 35.1. The van der Waals surface area contributed by atoms with E-state index in [-0.39, 0.29) is 18.5 Å². The maximum Gasteiger partial charge on any atom is 0.305 e. The Labute approximate surface area is 492 Å². The lowest BCUT2D eigenvalue weighted by atomic mass is 10.0. The highest BCUT2D eigenvalue weighted by Crippen LogP contribution is 2.18. The van der Waals surface area contributed by atoms with E-state index in [4.69, 9.17) is 4.74 Å². The molecule has 0 spiro atoms. The van der Waals surface area contributed by atoms with Gasteiger partial charge >= 0.3 is 5.97 Å². The van der Waals surface area contributed by atoms with E-state index in [1.165, 1.54) is 283 Å². The summed E-state index contributed by atoms with van der Waals surface area (Å²) in [5.41, 5.74) is 0. The van der Waals surface area contributed by atoms with E-state index < -0.39 is 12.1 Å². The van der Waals surface area contributed by atoms with Crippen molar-refractivity contribution in [2.75, 3.05) is 13.2 Å². The van der Waals surface area contributed by atoms with Gasteiger partial charge in [0.25, 0.3) is 0 Å². The number of esters is 1. The maximum absolute atomic E-state index is 12.5. The summed E-state index contributed by atoms with van der Waals surface area (Å²) in [6.07, 6.45) is 90.0. The molecule has 3 N–H and O–H groups in total. The molecule has 0 saturated heterocycles. The van der Waals surface area contributed by atoms with Gasteiger partial charge in [-0.15, -0.1) is 0 Å². The molecule has 0 fully saturated rings. The van der Waals surface area contributed by atoms with Crippen LogP contribution in [0.4, 0.5) is 0 Å². The van der Waals surface area contributed by atoms with Crippen LogP contribution < -0.4 is 5.32 Å². The topological polar surface area (TPSA) is 95.9 Å². The van der Waals surface area contributed by atoms with Crippen LogP contribution in [0.25, 0.3) is 0 Å². The second kappa shape index (κ2) is 68.1. The van der Waals surface area contributed by atoms with Crippen molar-refractivity contribution >= 4 is 11.9 Å². The molecule has 79 heavy (non-hydrogen) atoms. The first-order chi connectivity index (χ1) is 39.0. The SMILES string of the molecule is CCCCC/C=C\C/C=C\CCCCCCCC(=O)OCCCCCCCCCCC/C=C\C/C=C\CCCCCCCCCCCCCC(=O)NC(CO)C(O)/C=C/CCCCCCCCCCCCCCCCCCCC. The third kappa shape index (κ3) is 64.6. The molecule has 0 aromatic rings. The number of amides is 1. The van der Waals surface area contributed by atoms with E-state index in [9.17, 15) is 19.8 Å². The summed E-state index contributed by atoms with van der Waals surface area (Å²) in [5, 5.41) is 23.2. The molecule has 0 radical (unpaired) electrons. The van der Waals surface area contributed by atoms with Crippen LogP contribution in [0.2, 0.25) is 0 Å². The number of allylic oxidation sites excluding steroid dienone is 9. The number of carbonyl (C=O) groups is 2. The van der Waals surface area contributed by atoms with Gasteiger partial charge in [-0.05, 0) is 96.3 Å². The first kappa shape index (κ1) is 76.6. The highest BCUT2D eigenvalue weighted by atomic mass is 16.5. The van der Waals surface area contributed by atoms with Crippen LogP contribution in [0.1, 0.15) is 367 Å². The zero-order valence-corrected chi connectivity index (χ0v) is 52.9. The number of rotatable bonds is 65. The molecule has 1 amide bonds. The average molecular weight is 1110 g/mol. The minimum absolute atomic E-state index is 0.00394. The van der Waals surface area contributed by atoms with Crippen LogP contribution in [0.15, 0.2) is 60.8 Å². The Balaban J connectivity index is 3.45. The summed E-state index contributed by atoms with van der Waals surface area (Å²) in [4.78, 5) is 24.6. The van der Waals surface area contributed by atoms with Gasteiger partial charge in [-0.25, -0.2) is 0 Å². The summed E-state index contributed by atoms with van der Waals surface area (Å²) >= 11 is 0. The van der Waals surface area contributed by atoms with Crippen molar-refractivity contribution in [1.29, 1.82) is 0 Å².